The molecule has 0 bridgehead atoms. The Hall–Kier alpha value is -0.980. The molecule has 22 heavy (non-hydrogen) atoms. The Morgan fingerprint density at radius 3 is 1.32 bits per heavy atom. The van der Waals surface area contributed by atoms with Gasteiger partial charge in [0.05, 0.1) is 0 Å². The number of anilines is 1. The first-order valence-electron chi connectivity index (χ1n) is 9.45. The van der Waals surface area contributed by atoms with Gasteiger partial charge in [-0.25, -0.2) is 0 Å². The normalized spacial score (nSPS) is 19.2. The molecule has 2 fully saturated rings. The van der Waals surface area contributed by atoms with Gasteiger partial charge in [0.25, 0.3) is 0 Å². The summed E-state index contributed by atoms with van der Waals surface area (Å²) < 4.78 is 0. The number of hydrogen-bond donors (Lipinski definition) is 1. The van der Waals surface area contributed by atoms with Gasteiger partial charge in [0.2, 0.25) is 0 Å². The molecule has 1 aromatic carbocycles. The summed E-state index contributed by atoms with van der Waals surface area (Å²) in [5.74, 6) is 2.07. The SMILES string of the molecule is CC1CCCCC1.CC1CCCCC1.CNc1ccccc1. The van der Waals surface area contributed by atoms with Crippen molar-refractivity contribution in [3.63, 3.8) is 0 Å². The number of benzene rings is 1. The van der Waals surface area contributed by atoms with Crippen LogP contribution in [0.5, 0.6) is 0 Å². The molecular formula is C21H37N. The van der Waals surface area contributed by atoms with Gasteiger partial charge in [0.1, 0.15) is 0 Å². The van der Waals surface area contributed by atoms with Crippen LogP contribution in [0.3, 0.4) is 0 Å². The van der Waals surface area contributed by atoms with Crippen molar-refractivity contribution >= 4 is 5.69 Å². The Morgan fingerprint density at radius 2 is 1.09 bits per heavy atom. The minimum atomic E-state index is 1.04. The molecule has 0 atom stereocenters. The van der Waals surface area contributed by atoms with E-state index in [1.165, 1.54) is 64.2 Å². The van der Waals surface area contributed by atoms with Gasteiger partial charge < -0.3 is 5.32 Å². The molecule has 0 heterocycles. The van der Waals surface area contributed by atoms with Crippen molar-refractivity contribution < 1.29 is 0 Å². The Balaban J connectivity index is 0.000000166. The van der Waals surface area contributed by atoms with E-state index in [9.17, 15) is 0 Å². The van der Waals surface area contributed by atoms with E-state index in [1.54, 1.807) is 0 Å². The highest BCUT2D eigenvalue weighted by Crippen LogP contribution is 2.22. The Morgan fingerprint density at radius 1 is 0.682 bits per heavy atom. The van der Waals surface area contributed by atoms with Crippen molar-refractivity contribution in [2.75, 3.05) is 12.4 Å². The average molecular weight is 304 g/mol. The van der Waals surface area contributed by atoms with E-state index in [4.69, 9.17) is 0 Å². The molecule has 0 spiro atoms. The molecule has 2 aliphatic carbocycles. The van der Waals surface area contributed by atoms with Gasteiger partial charge in [-0.15, -0.1) is 0 Å². The summed E-state index contributed by atoms with van der Waals surface area (Å²) in [6.07, 6.45) is 14.9. The Bertz CT molecular complexity index is 318. The summed E-state index contributed by atoms with van der Waals surface area (Å²) in [5, 5.41) is 3.03. The average Bonchev–Trinajstić information content (AvgIpc) is 2.58. The first-order valence-corrected chi connectivity index (χ1v) is 9.45. The highest BCUT2D eigenvalue weighted by Gasteiger charge is 2.06. The molecule has 2 aliphatic rings. The predicted octanol–water partition coefficient (Wildman–Crippen LogP) is 6.90. The highest BCUT2D eigenvalue weighted by molar-refractivity contribution is 5.41. The van der Waals surface area contributed by atoms with Crippen LogP contribution in [-0.2, 0) is 0 Å². The smallest absolute Gasteiger partial charge is 0.0337 e. The van der Waals surface area contributed by atoms with Crippen molar-refractivity contribution in [1.82, 2.24) is 0 Å². The monoisotopic (exact) mass is 303 g/mol. The third-order valence-corrected chi connectivity index (χ3v) is 4.85. The van der Waals surface area contributed by atoms with Gasteiger partial charge in [-0.2, -0.15) is 0 Å². The molecule has 0 unspecified atom stereocenters. The zero-order valence-corrected chi connectivity index (χ0v) is 15.1. The van der Waals surface area contributed by atoms with E-state index in [0.717, 1.165) is 17.5 Å². The first kappa shape index (κ1) is 19.1. The van der Waals surface area contributed by atoms with Gasteiger partial charge in [0, 0.05) is 12.7 Å². The molecule has 1 nitrogen and oxygen atoms in total. The zero-order valence-electron chi connectivity index (χ0n) is 15.1. The lowest BCUT2D eigenvalue weighted by Gasteiger charge is -2.15. The fraction of sp³-hybridized carbons (Fsp3) is 0.714. The lowest BCUT2D eigenvalue weighted by atomic mass is 9.91. The van der Waals surface area contributed by atoms with Gasteiger partial charge in [-0.05, 0) is 24.0 Å². The summed E-state index contributed by atoms with van der Waals surface area (Å²) in [6.45, 7) is 4.72. The number of rotatable bonds is 1. The lowest BCUT2D eigenvalue weighted by molar-refractivity contribution is 0.385. The molecule has 0 amide bonds. The lowest BCUT2D eigenvalue weighted by Crippen LogP contribution is -1.99. The van der Waals surface area contributed by atoms with E-state index in [-0.39, 0.29) is 0 Å². The Labute approximate surface area is 138 Å². The number of hydrogen-bond acceptors (Lipinski definition) is 1. The molecule has 0 radical (unpaired) electrons. The summed E-state index contributed by atoms with van der Waals surface area (Å²) in [7, 11) is 1.91. The van der Waals surface area contributed by atoms with E-state index < -0.39 is 0 Å². The second-order valence-electron chi connectivity index (χ2n) is 7.10. The van der Waals surface area contributed by atoms with E-state index in [1.807, 2.05) is 37.4 Å². The molecule has 1 heteroatoms. The van der Waals surface area contributed by atoms with E-state index >= 15 is 0 Å². The van der Waals surface area contributed by atoms with Gasteiger partial charge in [-0.3, -0.25) is 0 Å². The zero-order chi connectivity index (χ0) is 16.0. The molecule has 0 aliphatic heterocycles. The second-order valence-corrected chi connectivity index (χ2v) is 7.10. The van der Waals surface area contributed by atoms with Crippen LogP contribution in [0.4, 0.5) is 5.69 Å². The minimum absolute atomic E-state index is 1.04. The van der Waals surface area contributed by atoms with Crippen LogP contribution in [0, 0.1) is 11.8 Å². The van der Waals surface area contributed by atoms with E-state index in [0.29, 0.717) is 0 Å². The van der Waals surface area contributed by atoms with Crippen LogP contribution in [0.1, 0.15) is 78.1 Å². The molecule has 1 aromatic rings. The van der Waals surface area contributed by atoms with E-state index in [2.05, 4.69) is 19.2 Å². The standard InChI is InChI=1S/C7H9N.2C7H14/c1-8-7-5-3-2-4-6-7;2*1-7-5-3-2-4-6-7/h2-6,8H,1H3;2*7H,2-6H2,1H3. The van der Waals surface area contributed by atoms with Gasteiger partial charge in [-0.1, -0.05) is 96.3 Å². The third kappa shape index (κ3) is 9.87. The minimum Gasteiger partial charge on any atom is -0.388 e. The van der Waals surface area contributed by atoms with Crippen molar-refractivity contribution in [2.24, 2.45) is 11.8 Å². The Kier molecular flexibility index (Phi) is 10.9. The quantitative estimate of drug-likeness (QED) is 0.595. The van der Waals surface area contributed by atoms with Crippen LogP contribution in [0.25, 0.3) is 0 Å². The maximum atomic E-state index is 3.03. The van der Waals surface area contributed by atoms with Crippen molar-refractivity contribution in [2.45, 2.75) is 78.1 Å². The largest absolute Gasteiger partial charge is 0.388 e. The third-order valence-electron chi connectivity index (χ3n) is 4.85. The summed E-state index contributed by atoms with van der Waals surface area (Å²) in [5.41, 5.74) is 1.16. The second kappa shape index (κ2) is 12.6. The molecule has 2 saturated carbocycles. The first-order chi connectivity index (χ1) is 10.7. The van der Waals surface area contributed by atoms with Gasteiger partial charge >= 0.3 is 0 Å². The van der Waals surface area contributed by atoms with Crippen LogP contribution in [0.2, 0.25) is 0 Å². The van der Waals surface area contributed by atoms with Crippen LogP contribution >= 0.6 is 0 Å². The fourth-order valence-corrected chi connectivity index (χ4v) is 3.22. The van der Waals surface area contributed by atoms with Crippen molar-refractivity contribution in [3.05, 3.63) is 30.3 Å². The van der Waals surface area contributed by atoms with Gasteiger partial charge in [0.15, 0.2) is 0 Å². The predicted molar refractivity (Wildman–Crippen MR) is 100 cm³/mol. The van der Waals surface area contributed by atoms with Crippen molar-refractivity contribution in [3.8, 4) is 0 Å². The highest BCUT2D eigenvalue weighted by atomic mass is 14.8. The summed E-state index contributed by atoms with van der Waals surface area (Å²) in [6, 6.07) is 10.1. The molecule has 1 N–H and O–H groups in total. The maximum Gasteiger partial charge on any atom is 0.0337 e. The molecule has 3 rings (SSSR count). The molecule has 0 saturated heterocycles. The van der Waals surface area contributed by atoms with Crippen molar-refractivity contribution in [1.29, 1.82) is 0 Å². The molecule has 126 valence electrons. The molecule has 0 aromatic heterocycles. The fourth-order valence-electron chi connectivity index (χ4n) is 3.22. The topological polar surface area (TPSA) is 12.0 Å². The van der Waals surface area contributed by atoms with Crippen LogP contribution in [0.15, 0.2) is 30.3 Å². The summed E-state index contributed by atoms with van der Waals surface area (Å²) in [4.78, 5) is 0. The van der Waals surface area contributed by atoms with Crippen LogP contribution < -0.4 is 5.32 Å². The summed E-state index contributed by atoms with van der Waals surface area (Å²) >= 11 is 0. The van der Waals surface area contributed by atoms with Crippen LogP contribution in [-0.4, -0.2) is 7.05 Å². The molecular weight excluding hydrogens is 266 g/mol. The maximum absolute atomic E-state index is 3.03. The number of para-hydroxylation sites is 1. The number of nitrogens with one attached hydrogen (secondary N) is 1.